The summed E-state index contributed by atoms with van der Waals surface area (Å²) < 4.78 is 5.11. The number of carbonyl (C=O) groups excluding carboxylic acids is 2. The first-order valence-corrected chi connectivity index (χ1v) is 7.68. The first kappa shape index (κ1) is 19.9. The second-order valence-electron chi connectivity index (χ2n) is 6.79. The van der Waals surface area contributed by atoms with E-state index in [1.807, 2.05) is 53.6 Å². The number of esters is 1. The first-order chi connectivity index (χ1) is 9.56. The molecule has 2 unspecified atom stereocenters. The summed E-state index contributed by atoms with van der Waals surface area (Å²) in [6.45, 7) is 13.0. The number of amides is 1. The fraction of sp³-hybridized carbons (Fsp3) is 0.875. The summed E-state index contributed by atoms with van der Waals surface area (Å²) in [6, 6.07) is 0.0526. The largest absolute Gasteiger partial charge is 0.465 e. The van der Waals surface area contributed by atoms with Gasteiger partial charge in [-0.05, 0) is 40.3 Å². The van der Waals surface area contributed by atoms with Crippen molar-refractivity contribution in [3.05, 3.63) is 0 Å². The summed E-state index contributed by atoms with van der Waals surface area (Å²) in [6.07, 6.45) is 0. The highest BCUT2D eigenvalue weighted by atomic mass is 16.5. The normalized spacial score (nSPS) is 14.7. The molecule has 0 saturated heterocycles. The molecule has 0 heterocycles. The van der Waals surface area contributed by atoms with Crippen LogP contribution in [0.2, 0.25) is 0 Å². The van der Waals surface area contributed by atoms with Gasteiger partial charge in [-0.1, -0.05) is 20.8 Å². The van der Waals surface area contributed by atoms with E-state index < -0.39 is 17.3 Å². The molecule has 0 bridgehead atoms. The van der Waals surface area contributed by atoms with Crippen molar-refractivity contribution in [2.75, 3.05) is 33.8 Å². The third kappa shape index (κ3) is 6.04. The average Bonchev–Trinajstić information content (AvgIpc) is 2.26. The van der Waals surface area contributed by atoms with Crippen LogP contribution in [-0.2, 0) is 14.3 Å². The van der Waals surface area contributed by atoms with Gasteiger partial charge in [0.1, 0.15) is 5.92 Å². The molecule has 2 atom stereocenters. The Hall–Kier alpha value is -1.10. The lowest BCUT2D eigenvalue weighted by atomic mass is 9.79. The third-order valence-corrected chi connectivity index (χ3v) is 3.42. The summed E-state index contributed by atoms with van der Waals surface area (Å²) in [7, 11) is 3.95. The first-order valence-electron chi connectivity index (χ1n) is 7.68. The van der Waals surface area contributed by atoms with Crippen LogP contribution in [0.5, 0.6) is 0 Å². The molecular weight excluding hydrogens is 268 g/mol. The summed E-state index contributed by atoms with van der Waals surface area (Å²) in [5.74, 6) is -1.33. The van der Waals surface area contributed by atoms with Crippen LogP contribution in [0.25, 0.3) is 0 Å². The Morgan fingerprint density at radius 1 is 1.14 bits per heavy atom. The van der Waals surface area contributed by atoms with E-state index in [0.29, 0.717) is 6.54 Å². The fourth-order valence-electron chi connectivity index (χ4n) is 2.53. The monoisotopic (exact) mass is 300 g/mol. The van der Waals surface area contributed by atoms with E-state index in [1.165, 1.54) is 0 Å². The van der Waals surface area contributed by atoms with E-state index >= 15 is 0 Å². The number of carbonyl (C=O) groups is 2. The van der Waals surface area contributed by atoms with Crippen molar-refractivity contribution in [3.63, 3.8) is 0 Å². The van der Waals surface area contributed by atoms with E-state index in [9.17, 15) is 9.59 Å². The van der Waals surface area contributed by atoms with Crippen LogP contribution in [0, 0.1) is 11.3 Å². The Balaban J connectivity index is 5.29. The Morgan fingerprint density at radius 3 is 2.00 bits per heavy atom. The second-order valence-corrected chi connectivity index (χ2v) is 6.79. The van der Waals surface area contributed by atoms with Gasteiger partial charge in [0.05, 0.1) is 6.61 Å². The average molecular weight is 300 g/mol. The molecule has 0 saturated carbocycles. The van der Waals surface area contributed by atoms with E-state index in [2.05, 4.69) is 0 Å². The standard InChI is InChI=1S/C16H32N2O3/c1-9-18(12(3)11-17(7)8)14(19)13(16(4,5)6)15(20)21-10-2/h12-13H,9-11H2,1-8H3. The van der Waals surface area contributed by atoms with E-state index in [4.69, 9.17) is 4.74 Å². The van der Waals surface area contributed by atoms with Gasteiger partial charge in [0.2, 0.25) is 5.91 Å². The van der Waals surface area contributed by atoms with Crippen molar-refractivity contribution in [2.45, 2.75) is 47.6 Å². The van der Waals surface area contributed by atoms with Gasteiger partial charge in [-0.2, -0.15) is 0 Å². The molecule has 0 aliphatic heterocycles. The highest BCUT2D eigenvalue weighted by Crippen LogP contribution is 2.29. The van der Waals surface area contributed by atoms with Gasteiger partial charge in [0.25, 0.3) is 0 Å². The maximum atomic E-state index is 12.9. The van der Waals surface area contributed by atoms with Crippen LogP contribution < -0.4 is 0 Å². The van der Waals surface area contributed by atoms with Crippen LogP contribution >= 0.6 is 0 Å². The Bertz CT molecular complexity index is 348. The maximum absolute atomic E-state index is 12.9. The molecule has 21 heavy (non-hydrogen) atoms. The van der Waals surface area contributed by atoms with Gasteiger partial charge < -0.3 is 14.5 Å². The Labute approximate surface area is 129 Å². The number of nitrogens with zero attached hydrogens (tertiary/aromatic N) is 2. The molecule has 0 N–H and O–H groups in total. The minimum Gasteiger partial charge on any atom is -0.465 e. The summed E-state index contributed by atoms with van der Waals surface area (Å²) in [5.41, 5.74) is -0.464. The molecule has 0 spiro atoms. The van der Waals surface area contributed by atoms with Crippen molar-refractivity contribution < 1.29 is 14.3 Å². The fourth-order valence-corrected chi connectivity index (χ4v) is 2.53. The quantitative estimate of drug-likeness (QED) is 0.533. The zero-order valence-electron chi connectivity index (χ0n) is 14.9. The third-order valence-electron chi connectivity index (χ3n) is 3.42. The number of rotatable bonds is 7. The number of likely N-dealkylation sites (N-methyl/N-ethyl adjacent to an activating group) is 2. The van der Waals surface area contributed by atoms with Crippen LogP contribution in [0.3, 0.4) is 0 Å². The van der Waals surface area contributed by atoms with Crippen LogP contribution in [0.1, 0.15) is 41.5 Å². The molecule has 0 radical (unpaired) electrons. The molecule has 0 aliphatic carbocycles. The zero-order chi connectivity index (χ0) is 16.8. The number of ether oxygens (including phenoxy) is 1. The smallest absolute Gasteiger partial charge is 0.319 e. The molecule has 1 amide bonds. The van der Waals surface area contributed by atoms with Crippen molar-refractivity contribution in [1.29, 1.82) is 0 Å². The SMILES string of the molecule is CCOC(=O)C(C(=O)N(CC)C(C)CN(C)C)C(C)(C)C. The molecule has 0 aromatic rings. The molecule has 5 heteroatoms. The highest BCUT2D eigenvalue weighted by Gasteiger charge is 2.41. The van der Waals surface area contributed by atoms with Gasteiger partial charge >= 0.3 is 5.97 Å². The van der Waals surface area contributed by atoms with E-state index in [1.54, 1.807) is 11.8 Å². The van der Waals surface area contributed by atoms with Crippen LogP contribution in [0.15, 0.2) is 0 Å². The van der Waals surface area contributed by atoms with Crippen LogP contribution in [0.4, 0.5) is 0 Å². The summed E-state index contributed by atoms with van der Waals surface area (Å²) in [4.78, 5) is 28.9. The van der Waals surface area contributed by atoms with Gasteiger partial charge in [0.15, 0.2) is 0 Å². The van der Waals surface area contributed by atoms with Gasteiger partial charge in [0, 0.05) is 19.1 Å². The molecule has 0 aliphatic rings. The molecule has 124 valence electrons. The molecule has 5 nitrogen and oxygen atoms in total. The summed E-state index contributed by atoms with van der Waals surface area (Å²) in [5, 5.41) is 0. The van der Waals surface area contributed by atoms with E-state index in [0.717, 1.165) is 6.54 Å². The number of hydrogen-bond acceptors (Lipinski definition) is 4. The summed E-state index contributed by atoms with van der Waals surface area (Å²) >= 11 is 0. The predicted molar refractivity (Wildman–Crippen MR) is 85.0 cm³/mol. The molecule has 0 rings (SSSR count). The molecule has 0 aromatic heterocycles. The lowest BCUT2D eigenvalue weighted by Gasteiger charge is -2.36. The highest BCUT2D eigenvalue weighted by molar-refractivity contribution is 5.98. The topological polar surface area (TPSA) is 49.9 Å². The number of hydrogen-bond donors (Lipinski definition) is 0. The molecular formula is C16H32N2O3. The molecule has 0 aromatic carbocycles. The lowest BCUT2D eigenvalue weighted by molar-refractivity contribution is -0.161. The van der Waals surface area contributed by atoms with Gasteiger partial charge in [-0.15, -0.1) is 0 Å². The van der Waals surface area contributed by atoms with Crippen molar-refractivity contribution in [3.8, 4) is 0 Å². The maximum Gasteiger partial charge on any atom is 0.319 e. The minimum absolute atomic E-state index is 0.0526. The Morgan fingerprint density at radius 2 is 1.67 bits per heavy atom. The van der Waals surface area contributed by atoms with Crippen molar-refractivity contribution >= 4 is 11.9 Å². The zero-order valence-corrected chi connectivity index (χ0v) is 14.9. The minimum atomic E-state index is -0.762. The van der Waals surface area contributed by atoms with Gasteiger partial charge in [-0.25, -0.2) is 0 Å². The van der Waals surface area contributed by atoms with Crippen molar-refractivity contribution in [1.82, 2.24) is 9.80 Å². The molecule has 0 fully saturated rings. The van der Waals surface area contributed by atoms with Crippen LogP contribution in [-0.4, -0.2) is 61.5 Å². The second kappa shape index (κ2) is 8.37. The van der Waals surface area contributed by atoms with Crippen molar-refractivity contribution in [2.24, 2.45) is 11.3 Å². The lowest BCUT2D eigenvalue weighted by Crippen LogP contribution is -2.51. The predicted octanol–water partition coefficient (Wildman–Crippen LogP) is 2.01. The van der Waals surface area contributed by atoms with Gasteiger partial charge in [-0.3, -0.25) is 9.59 Å². The Kier molecular flexibility index (Phi) is 7.93. The van der Waals surface area contributed by atoms with E-state index in [-0.39, 0.29) is 18.6 Å².